The van der Waals surface area contributed by atoms with E-state index in [1.165, 1.54) is 24.6 Å². The Balaban J connectivity index is 2.64. The molecule has 13 heavy (non-hydrogen) atoms. The van der Waals surface area contributed by atoms with Gasteiger partial charge in [-0.2, -0.15) is 0 Å². The van der Waals surface area contributed by atoms with Crippen LogP contribution in [0.3, 0.4) is 0 Å². The molecule has 0 bridgehead atoms. The van der Waals surface area contributed by atoms with Crippen molar-refractivity contribution < 1.29 is 0 Å². The van der Waals surface area contributed by atoms with Crippen molar-refractivity contribution in [2.24, 2.45) is 0 Å². The van der Waals surface area contributed by atoms with Gasteiger partial charge in [0.1, 0.15) is 0 Å². The fourth-order valence-corrected chi connectivity index (χ4v) is 5.15. The molecule has 1 aromatic carbocycles. The van der Waals surface area contributed by atoms with Crippen LogP contribution in [0.1, 0.15) is 0 Å². The second-order valence-corrected chi connectivity index (χ2v) is 6.55. The van der Waals surface area contributed by atoms with Gasteiger partial charge in [0.15, 0.2) is 0 Å². The summed E-state index contributed by atoms with van der Waals surface area (Å²) in [4.78, 5) is 0. The number of rotatable bonds is 5. The van der Waals surface area contributed by atoms with Crippen LogP contribution >= 0.6 is 26.4 Å². The molecule has 1 rings (SSSR count). The highest BCUT2D eigenvalue weighted by molar-refractivity contribution is 7.66. The number of benzene rings is 1. The fraction of sp³-hybridized carbons (Fsp3) is 0.400. The zero-order valence-electron chi connectivity index (χ0n) is 7.82. The molecule has 0 radical (unpaired) electrons. The van der Waals surface area contributed by atoms with E-state index in [4.69, 9.17) is 0 Å². The molecular formula is C10H17P3. The first kappa shape index (κ1) is 11.6. The van der Waals surface area contributed by atoms with Gasteiger partial charge in [-0.25, -0.2) is 0 Å². The number of hydrogen-bond acceptors (Lipinski definition) is 0. The van der Waals surface area contributed by atoms with Crippen LogP contribution in [0, 0.1) is 0 Å². The molecule has 0 amide bonds. The third-order valence-corrected chi connectivity index (χ3v) is 6.09. The van der Waals surface area contributed by atoms with Crippen molar-refractivity contribution in [3.8, 4) is 0 Å². The summed E-state index contributed by atoms with van der Waals surface area (Å²) in [6.45, 7) is 0. The second kappa shape index (κ2) is 6.89. The molecule has 0 saturated carbocycles. The van der Waals surface area contributed by atoms with Crippen molar-refractivity contribution in [2.45, 2.75) is 0 Å². The Morgan fingerprint density at radius 3 is 1.92 bits per heavy atom. The summed E-state index contributed by atoms with van der Waals surface area (Å²) in [7, 11) is 5.77. The predicted molar refractivity (Wildman–Crippen MR) is 71.9 cm³/mol. The van der Waals surface area contributed by atoms with Crippen molar-refractivity contribution in [3.63, 3.8) is 0 Å². The largest absolute Gasteiger partial charge is 0.137 e. The van der Waals surface area contributed by atoms with Gasteiger partial charge in [-0.1, -0.05) is 38.3 Å². The second-order valence-electron chi connectivity index (χ2n) is 2.90. The van der Waals surface area contributed by atoms with E-state index in [1.54, 1.807) is 5.30 Å². The van der Waals surface area contributed by atoms with E-state index in [0.717, 1.165) is 0 Å². The molecule has 2 atom stereocenters. The monoisotopic (exact) mass is 230 g/mol. The molecule has 0 nitrogen and oxygen atoms in total. The average molecular weight is 230 g/mol. The third kappa shape index (κ3) is 4.03. The minimum Gasteiger partial charge on any atom is -0.137 e. The fourth-order valence-electron chi connectivity index (χ4n) is 1.32. The van der Waals surface area contributed by atoms with Gasteiger partial charge in [-0.15, -0.1) is 18.5 Å². The van der Waals surface area contributed by atoms with Crippen LogP contribution in [0.5, 0.6) is 0 Å². The normalized spacial score (nSPS) is 10.7. The molecule has 0 N–H and O–H groups in total. The van der Waals surface area contributed by atoms with Gasteiger partial charge in [-0.3, -0.25) is 0 Å². The zero-order valence-corrected chi connectivity index (χ0v) is 11.0. The standard InChI is InChI=1S/C10H17P3/c11-6-8-13(9-7-12)10-4-2-1-3-5-10/h1-5H,6-9,11-12H2. The van der Waals surface area contributed by atoms with Crippen molar-refractivity contribution >= 4 is 31.7 Å². The number of hydrogen-bond donors (Lipinski definition) is 0. The van der Waals surface area contributed by atoms with Gasteiger partial charge in [0, 0.05) is 0 Å². The molecule has 0 spiro atoms. The van der Waals surface area contributed by atoms with Crippen LogP contribution in [0.25, 0.3) is 0 Å². The van der Waals surface area contributed by atoms with Crippen LogP contribution in [0.15, 0.2) is 30.3 Å². The molecule has 0 aromatic heterocycles. The van der Waals surface area contributed by atoms with Gasteiger partial charge in [0.2, 0.25) is 0 Å². The lowest BCUT2D eigenvalue weighted by Crippen LogP contribution is -2.07. The Kier molecular flexibility index (Phi) is 6.14. The van der Waals surface area contributed by atoms with Gasteiger partial charge < -0.3 is 0 Å². The zero-order chi connectivity index (χ0) is 9.52. The van der Waals surface area contributed by atoms with Crippen molar-refractivity contribution in [3.05, 3.63) is 30.3 Å². The van der Waals surface area contributed by atoms with Crippen LogP contribution in [0.2, 0.25) is 0 Å². The van der Waals surface area contributed by atoms with E-state index in [2.05, 4.69) is 48.8 Å². The first-order valence-electron chi connectivity index (χ1n) is 4.58. The highest BCUT2D eigenvalue weighted by Crippen LogP contribution is 2.34. The lowest BCUT2D eigenvalue weighted by Gasteiger charge is -2.15. The van der Waals surface area contributed by atoms with Crippen LogP contribution in [-0.4, -0.2) is 24.6 Å². The summed E-state index contributed by atoms with van der Waals surface area (Å²) in [5.74, 6) is 0. The summed E-state index contributed by atoms with van der Waals surface area (Å²) in [6.07, 6.45) is 5.15. The maximum absolute atomic E-state index is 2.83. The average Bonchev–Trinajstić information content (AvgIpc) is 2.19. The van der Waals surface area contributed by atoms with Gasteiger partial charge in [0.25, 0.3) is 0 Å². The maximum atomic E-state index is 2.83. The van der Waals surface area contributed by atoms with E-state index in [-0.39, 0.29) is 7.92 Å². The van der Waals surface area contributed by atoms with E-state index >= 15 is 0 Å². The van der Waals surface area contributed by atoms with E-state index < -0.39 is 0 Å². The van der Waals surface area contributed by atoms with Gasteiger partial charge in [-0.05, 0) is 30.0 Å². The first-order chi connectivity index (χ1) is 6.38. The molecule has 72 valence electrons. The minimum atomic E-state index is 0.102. The molecule has 0 fully saturated rings. The Morgan fingerprint density at radius 1 is 0.923 bits per heavy atom. The molecule has 0 aliphatic carbocycles. The van der Waals surface area contributed by atoms with E-state index in [9.17, 15) is 0 Å². The molecule has 0 saturated heterocycles. The smallest absolute Gasteiger partial charge is 0.0240 e. The molecular weight excluding hydrogens is 213 g/mol. The topological polar surface area (TPSA) is 0 Å². The van der Waals surface area contributed by atoms with Gasteiger partial charge in [0.05, 0.1) is 0 Å². The SMILES string of the molecule is PCCP(CCP)c1ccccc1. The maximum Gasteiger partial charge on any atom is -0.0240 e. The summed E-state index contributed by atoms with van der Waals surface area (Å²) < 4.78 is 0. The Morgan fingerprint density at radius 2 is 1.46 bits per heavy atom. The molecule has 0 aliphatic rings. The van der Waals surface area contributed by atoms with Crippen LogP contribution in [-0.2, 0) is 0 Å². The highest BCUT2D eigenvalue weighted by atomic mass is 31.1. The van der Waals surface area contributed by atoms with E-state index in [0.29, 0.717) is 0 Å². The van der Waals surface area contributed by atoms with E-state index in [1.807, 2.05) is 0 Å². The third-order valence-electron chi connectivity index (χ3n) is 1.92. The first-order valence-corrected chi connectivity index (χ1v) is 7.93. The summed E-state index contributed by atoms with van der Waals surface area (Å²) in [6, 6.07) is 10.9. The Bertz CT molecular complexity index is 217. The van der Waals surface area contributed by atoms with Crippen LogP contribution < -0.4 is 5.30 Å². The molecule has 3 heteroatoms. The van der Waals surface area contributed by atoms with Crippen molar-refractivity contribution in [1.82, 2.24) is 0 Å². The van der Waals surface area contributed by atoms with Gasteiger partial charge >= 0.3 is 0 Å². The van der Waals surface area contributed by atoms with Crippen molar-refractivity contribution in [2.75, 3.05) is 24.6 Å². The van der Waals surface area contributed by atoms with Crippen LogP contribution in [0.4, 0.5) is 0 Å². The molecule has 2 unspecified atom stereocenters. The molecule has 0 aliphatic heterocycles. The highest BCUT2D eigenvalue weighted by Gasteiger charge is 2.07. The van der Waals surface area contributed by atoms with Crippen molar-refractivity contribution in [1.29, 1.82) is 0 Å². The molecule has 1 aromatic rings. The molecule has 0 heterocycles. The quantitative estimate of drug-likeness (QED) is 0.682. The lowest BCUT2D eigenvalue weighted by atomic mass is 10.4. The Hall–Kier alpha value is 0.510. The summed E-state index contributed by atoms with van der Waals surface area (Å²) in [5, 5.41) is 1.56. The predicted octanol–water partition coefficient (Wildman–Crippen LogP) is 2.54. The summed E-state index contributed by atoms with van der Waals surface area (Å²) >= 11 is 0. The summed E-state index contributed by atoms with van der Waals surface area (Å²) in [5.41, 5.74) is 0. The lowest BCUT2D eigenvalue weighted by molar-refractivity contribution is 1.45. The minimum absolute atomic E-state index is 0.102. The Labute approximate surface area is 87.1 Å².